The predicted octanol–water partition coefficient (Wildman–Crippen LogP) is 3.43. The van der Waals surface area contributed by atoms with Crippen LogP contribution in [-0.4, -0.2) is 13.7 Å². The van der Waals surface area contributed by atoms with E-state index in [1.54, 1.807) is 6.07 Å². The highest BCUT2D eigenvalue weighted by Gasteiger charge is 2.14. The van der Waals surface area contributed by atoms with Crippen molar-refractivity contribution in [1.29, 1.82) is 0 Å². The van der Waals surface area contributed by atoms with Gasteiger partial charge in [-0.25, -0.2) is 4.39 Å². The van der Waals surface area contributed by atoms with E-state index in [9.17, 15) is 4.39 Å². The van der Waals surface area contributed by atoms with Gasteiger partial charge in [0.05, 0.1) is 7.11 Å². The van der Waals surface area contributed by atoms with Crippen LogP contribution in [0.25, 0.3) is 0 Å². The summed E-state index contributed by atoms with van der Waals surface area (Å²) < 4.78 is 18.7. The quantitative estimate of drug-likeness (QED) is 0.906. The van der Waals surface area contributed by atoms with Gasteiger partial charge in [-0.2, -0.15) is 0 Å². The van der Waals surface area contributed by atoms with Gasteiger partial charge >= 0.3 is 0 Å². The number of nitrogens with two attached hydrogens (primary N) is 1. The van der Waals surface area contributed by atoms with Crippen LogP contribution in [0.2, 0.25) is 0 Å². The average Bonchev–Trinajstić information content (AvgIpc) is 2.46. The van der Waals surface area contributed by atoms with Crippen molar-refractivity contribution >= 4 is 0 Å². The average molecular weight is 273 g/mol. The molecule has 0 aromatic heterocycles. The summed E-state index contributed by atoms with van der Waals surface area (Å²) in [6.07, 6.45) is 0.724. The van der Waals surface area contributed by atoms with Crippen molar-refractivity contribution in [1.82, 2.24) is 0 Å². The van der Waals surface area contributed by atoms with Crippen LogP contribution in [0.4, 0.5) is 4.39 Å². The van der Waals surface area contributed by atoms with Crippen molar-refractivity contribution < 1.29 is 9.13 Å². The molecule has 106 valence electrons. The summed E-state index contributed by atoms with van der Waals surface area (Å²) in [5.41, 5.74) is 9.28. The highest BCUT2D eigenvalue weighted by molar-refractivity contribution is 5.34. The van der Waals surface area contributed by atoms with E-state index in [1.807, 2.05) is 18.2 Å². The lowest BCUT2D eigenvalue weighted by Crippen LogP contribution is -2.16. The summed E-state index contributed by atoms with van der Waals surface area (Å²) in [5.74, 6) is 0.142. The maximum absolute atomic E-state index is 13.7. The second-order valence-corrected chi connectivity index (χ2v) is 4.96. The molecule has 0 aliphatic carbocycles. The Labute approximate surface area is 119 Å². The number of rotatable bonds is 5. The van der Waals surface area contributed by atoms with Crippen molar-refractivity contribution in [2.75, 3.05) is 13.7 Å². The Hall–Kier alpha value is -1.87. The van der Waals surface area contributed by atoms with Gasteiger partial charge in [0, 0.05) is 5.92 Å². The molecule has 2 aromatic carbocycles. The van der Waals surface area contributed by atoms with Gasteiger partial charge in [-0.1, -0.05) is 30.3 Å². The van der Waals surface area contributed by atoms with Crippen LogP contribution in [0.3, 0.4) is 0 Å². The van der Waals surface area contributed by atoms with E-state index in [0.29, 0.717) is 6.54 Å². The Morgan fingerprint density at radius 3 is 2.55 bits per heavy atom. The van der Waals surface area contributed by atoms with Crippen LogP contribution in [0.15, 0.2) is 42.5 Å². The normalized spacial score (nSPS) is 12.2. The number of halogens is 1. The van der Waals surface area contributed by atoms with Crippen molar-refractivity contribution in [3.05, 3.63) is 65.0 Å². The maximum atomic E-state index is 13.7. The van der Waals surface area contributed by atoms with Crippen LogP contribution in [-0.2, 0) is 6.42 Å². The number of ether oxygens (including phenoxy) is 1. The first-order chi connectivity index (χ1) is 9.65. The first kappa shape index (κ1) is 14.5. The van der Waals surface area contributed by atoms with Crippen molar-refractivity contribution in [2.45, 2.75) is 19.3 Å². The largest absolute Gasteiger partial charge is 0.494 e. The minimum atomic E-state index is -0.328. The molecule has 0 spiro atoms. The van der Waals surface area contributed by atoms with E-state index in [4.69, 9.17) is 10.5 Å². The molecule has 20 heavy (non-hydrogen) atoms. The lowest BCUT2D eigenvalue weighted by Gasteiger charge is -2.18. The number of methoxy groups -OCH3 is 1. The van der Waals surface area contributed by atoms with Crippen LogP contribution in [0.1, 0.15) is 22.6 Å². The Bertz CT molecular complexity index is 583. The third-order valence-corrected chi connectivity index (χ3v) is 3.61. The molecule has 0 saturated carbocycles. The van der Waals surface area contributed by atoms with Crippen LogP contribution in [0, 0.1) is 12.7 Å². The van der Waals surface area contributed by atoms with Crippen LogP contribution < -0.4 is 10.5 Å². The zero-order chi connectivity index (χ0) is 14.5. The molecule has 1 atom stereocenters. The van der Waals surface area contributed by atoms with Crippen molar-refractivity contribution in [3.63, 3.8) is 0 Å². The molecular weight excluding hydrogens is 253 g/mol. The summed E-state index contributed by atoms with van der Waals surface area (Å²) in [5, 5.41) is 0. The smallest absolute Gasteiger partial charge is 0.165 e. The molecule has 0 fully saturated rings. The topological polar surface area (TPSA) is 35.2 Å². The molecule has 2 N–H and O–H groups in total. The van der Waals surface area contributed by atoms with E-state index >= 15 is 0 Å². The Balaban J connectivity index is 2.23. The lowest BCUT2D eigenvalue weighted by atomic mass is 9.89. The van der Waals surface area contributed by atoms with E-state index in [0.717, 1.165) is 12.0 Å². The third kappa shape index (κ3) is 3.17. The Morgan fingerprint density at radius 2 is 1.95 bits per heavy atom. The number of hydrogen-bond acceptors (Lipinski definition) is 2. The summed E-state index contributed by atoms with van der Waals surface area (Å²) >= 11 is 0. The van der Waals surface area contributed by atoms with Gasteiger partial charge in [0.1, 0.15) is 0 Å². The van der Waals surface area contributed by atoms with Crippen LogP contribution in [0.5, 0.6) is 5.75 Å². The highest BCUT2D eigenvalue weighted by Crippen LogP contribution is 2.25. The maximum Gasteiger partial charge on any atom is 0.165 e. The molecule has 1 unspecified atom stereocenters. The molecule has 0 saturated heterocycles. The minimum Gasteiger partial charge on any atom is -0.494 e. The van der Waals surface area contributed by atoms with E-state index in [2.05, 4.69) is 19.1 Å². The Morgan fingerprint density at radius 1 is 1.20 bits per heavy atom. The minimum absolute atomic E-state index is 0.198. The standard InChI is InChI=1S/C17H20FNO/c1-12-5-3-4-6-15(12)14(11-19)9-13-7-8-17(20-2)16(18)10-13/h3-8,10,14H,9,11,19H2,1-2H3. The van der Waals surface area contributed by atoms with Gasteiger partial charge < -0.3 is 10.5 Å². The fourth-order valence-electron chi connectivity index (χ4n) is 2.49. The van der Waals surface area contributed by atoms with Gasteiger partial charge in [-0.05, 0) is 48.7 Å². The Kier molecular flexibility index (Phi) is 4.74. The summed E-state index contributed by atoms with van der Waals surface area (Å²) in [6.45, 7) is 2.62. The van der Waals surface area contributed by atoms with Gasteiger partial charge in [0.25, 0.3) is 0 Å². The molecule has 0 bridgehead atoms. The SMILES string of the molecule is COc1ccc(CC(CN)c2ccccc2C)cc1F. The predicted molar refractivity (Wildman–Crippen MR) is 79.6 cm³/mol. The number of benzene rings is 2. The summed E-state index contributed by atoms with van der Waals surface area (Å²) in [6, 6.07) is 13.3. The molecule has 2 aromatic rings. The van der Waals surface area contributed by atoms with Gasteiger partial charge in [0.2, 0.25) is 0 Å². The fraction of sp³-hybridized carbons (Fsp3) is 0.294. The second kappa shape index (κ2) is 6.53. The zero-order valence-corrected chi connectivity index (χ0v) is 11.9. The van der Waals surface area contributed by atoms with Gasteiger partial charge in [-0.3, -0.25) is 0 Å². The zero-order valence-electron chi connectivity index (χ0n) is 11.9. The molecule has 0 heterocycles. The van der Waals surface area contributed by atoms with Crippen molar-refractivity contribution in [2.24, 2.45) is 5.73 Å². The van der Waals surface area contributed by atoms with Gasteiger partial charge in [-0.15, -0.1) is 0 Å². The van der Waals surface area contributed by atoms with Crippen molar-refractivity contribution in [3.8, 4) is 5.75 Å². The van der Waals surface area contributed by atoms with Gasteiger partial charge in [0.15, 0.2) is 11.6 Å². The first-order valence-electron chi connectivity index (χ1n) is 6.73. The number of hydrogen-bond donors (Lipinski definition) is 1. The highest BCUT2D eigenvalue weighted by atomic mass is 19.1. The summed E-state index contributed by atoms with van der Waals surface area (Å²) in [7, 11) is 1.47. The molecule has 2 rings (SSSR count). The molecule has 0 radical (unpaired) electrons. The van der Waals surface area contributed by atoms with E-state index < -0.39 is 0 Å². The van der Waals surface area contributed by atoms with Crippen LogP contribution >= 0.6 is 0 Å². The molecular formula is C17H20FNO. The first-order valence-corrected chi connectivity index (χ1v) is 6.73. The third-order valence-electron chi connectivity index (χ3n) is 3.61. The molecule has 3 heteroatoms. The lowest BCUT2D eigenvalue weighted by molar-refractivity contribution is 0.386. The molecule has 0 amide bonds. The molecule has 0 aliphatic heterocycles. The fourth-order valence-corrected chi connectivity index (χ4v) is 2.49. The number of aryl methyl sites for hydroxylation is 1. The molecule has 2 nitrogen and oxygen atoms in total. The monoisotopic (exact) mass is 273 g/mol. The summed E-state index contributed by atoms with van der Waals surface area (Å²) in [4.78, 5) is 0. The second-order valence-electron chi connectivity index (χ2n) is 4.96. The van der Waals surface area contributed by atoms with E-state index in [-0.39, 0.29) is 17.5 Å². The van der Waals surface area contributed by atoms with E-state index in [1.165, 1.54) is 24.3 Å². The molecule has 0 aliphatic rings.